The van der Waals surface area contributed by atoms with E-state index in [1.54, 1.807) is 12.4 Å². The second-order valence-corrected chi connectivity index (χ2v) is 9.44. The van der Waals surface area contributed by atoms with Gasteiger partial charge in [0.05, 0.1) is 12.2 Å². The fourth-order valence-corrected chi connectivity index (χ4v) is 4.46. The lowest BCUT2D eigenvalue weighted by molar-refractivity contribution is -0.808. The molecule has 1 heterocycles. The van der Waals surface area contributed by atoms with Crippen LogP contribution in [0.1, 0.15) is 123 Å². The molecule has 0 saturated carbocycles. The molecule has 1 rings (SSSR count). The minimum Gasteiger partial charge on any atom is -0.544 e. The molecule has 184 valence electrons. The minimum atomic E-state index is -1.09. The number of carbonyl (C=O) groups is 1. The number of carboxylic acid groups (broad SMARTS) is 1. The Morgan fingerprint density at radius 2 is 1.44 bits per heavy atom. The maximum absolute atomic E-state index is 11.2. The van der Waals surface area contributed by atoms with Crippen molar-refractivity contribution in [3.8, 4) is 0 Å². The molecule has 5 heteroatoms. The Kier molecular flexibility index (Phi) is 16.1. The van der Waals surface area contributed by atoms with Crippen LogP contribution in [0.25, 0.3) is 0 Å². The smallest absolute Gasteiger partial charge is 0.209 e. The van der Waals surface area contributed by atoms with Gasteiger partial charge in [-0.3, -0.25) is 5.73 Å². The van der Waals surface area contributed by atoms with E-state index < -0.39 is 5.97 Å². The van der Waals surface area contributed by atoms with Crippen molar-refractivity contribution >= 4 is 11.8 Å². The maximum atomic E-state index is 11.2. The summed E-state index contributed by atoms with van der Waals surface area (Å²) in [5.41, 5.74) is 6.09. The van der Waals surface area contributed by atoms with Crippen molar-refractivity contribution in [2.24, 2.45) is 10.7 Å². The Bertz CT molecular complexity index is 583. The second kappa shape index (κ2) is 18.0. The van der Waals surface area contributed by atoms with Gasteiger partial charge >= 0.3 is 0 Å². The lowest BCUT2D eigenvalue weighted by Crippen LogP contribution is -2.60. The van der Waals surface area contributed by atoms with E-state index in [4.69, 9.17) is 5.73 Å². The third-order valence-electron chi connectivity index (χ3n) is 6.57. The molecule has 1 aliphatic rings. The van der Waals surface area contributed by atoms with Gasteiger partial charge in [0.1, 0.15) is 18.9 Å². The van der Waals surface area contributed by atoms with E-state index in [9.17, 15) is 9.90 Å². The Morgan fingerprint density at radius 1 is 0.938 bits per heavy atom. The predicted octanol–water partition coefficient (Wildman–Crippen LogP) is 5.95. The molecule has 0 aromatic rings. The van der Waals surface area contributed by atoms with Gasteiger partial charge in [-0.25, -0.2) is 9.48 Å². The Balaban J connectivity index is 1.96. The molecule has 0 saturated heterocycles. The van der Waals surface area contributed by atoms with Gasteiger partial charge in [0, 0.05) is 13.3 Å². The minimum absolute atomic E-state index is 0.106. The largest absolute Gasteiger partial charge is 0.544 e. The summed E-state index contributed by atoms with van der Waals surface area (Å²) in [7, 11) is 0. The molecule has 0 spiro atoms. The number of unbranched alkanes of at least 4 members (excludes halogenated alkanes) is 14. The van der Waals surface area contributed by atoms with E-state index in [0.29, 0.717) is 0 Å². The number of hydrogen-bond donors (Lipinski definition) is 1. The Morgan fingerprint density at radius 3 is 1.94 bits per heavy atom. The van der Waals surface area contributed by atoms with E-state index in [2.05, 4.69) is 24.1 Å². The molecule has 0 radical (unpaired) electrons. The van der Waals surface area contributed by atoms with Gasteiger partial charge in [-0.15, -0.1) is 0 Å². The molecule has 0 fully saturated rings. The van der Waals surface area contributed by atoms with E-state index in [1.165, 1.54) is 89.9 Å². The van der Waals surface area contributed by atoms with Crippen LogP contribution in [-0.2, 0) is 4.79 Å². The standard InChI is InChI=1S/C27H49N3O2/c1-3-4-5-6-7-8-9-10-11-12-13-14-15-16-17-18-19-20-21-26-29-22-23-30(26,25(2)28)24-27(31)32/h11-12,22-23,25H,3-10,13-21,24,28H2,1-2H3/b12-11+. The fraction of sp³-hybridized carbons (Fsp3) is 0.778. The molecule has 2 atom stereocenters. The summed E-state index contributed by atoms with van der Waals surface area (Å²) in [4.78, 5) is 15.6. The average molecular weight is 448 g/mol. The first kappa shape index (κ1) is 28.6. The van der Waals surface area contributed by atoms with Crippen molar-refractivity contribution in [2.75, 3.05) is 6.54 Å². The lowest BCUT2D eigenvalue weighted by Gasteiger charge is -2.36. The van der Waals surface area contributed by atoms with Crippen molar-refractivity contribution in [3.05, 3.63) is 24.6 Å². The summed E-state index contributed by atoms with van der Waals surface area (Å²) >= 11 is 0. The number of nitrogens with two attached hydrogens (primary N) is 1. The molecule has 2 N–H and O–H groups in total. The first-order valence-corrected chi connectivity index (χ1v) is 13.3. The number of nitrogens with zero attached hydrogens (tertiary/aromatic N) is 2. The van der Waals surface area contributed by atoms with Crippen LogP contribution in [0.4, 0.5) is 0 Å². The van der Waals surface area contributed by atoms with Gasteiger partial charge in [-0.1, -0.05) is 89.7 Å². The number of carboxylic acids is 1. The van der Waals surface area contributed by atoms with Crippen molar-refractivity contribution in [2.45, 2.75) is 129 Å². The predicted molar refractivity (Wildman–Crippen MR) is 134 cm³/mol. The Labute approximate surface area is 197 Å². The van der Waals surface area contributed by atoms with Gasteiger partial charge in [0.25, 0.3) is 0 Å². The third kappa shape index (κ3) is 12.0. The van der Waals surface area contributed by atoms with Crippen LogP contribution in [0.2, 0.25) is 0 Å². The van der Waals surface area contributed by atoms with Gasteiger partial charge < -0.3 is 9.90 Å². The van der Waals surface area contributed by atoms with Crippen LogP contribution >= 0.6 is 0 Å². The molecule has 2 unspecified atom stereocenters. The van der Waals surface area contributed by atoms with Gasteiger partial charge in [-0.05, 0) is 32.1 Å². The average Bonchev–Trinajstić information content (AvgIpc) is 3.16. The molecule has 32 heavy (non-hydrogen) atoms. The summed E-state index contributed by atoms with van der Waals surface area (Å²) in [5.74, 6) is -0.235. The number of hydrogen-bond acceptors (Lipinski definition) is 4. The van der Waals surface area contributed by atoms with Crippen molar-refractivity contribution < 1.29 is 14.4 Å². The summed E-state index contributed by atoms with van der Waals surface area (Å²) < 4.78 is 0.106. The summed E-state index contributed by atoms with van der Waals surface area (Å²) in [6.07, 6.45) is 29.5. The van der Waals surface area contributed by atoms with Crippen LogP contribution in [0.3, 0.4) is 0 Å². The molecule has 1 aliphatic heterocycles. The third-order valence-corrected chi connectivity index (χ3v) is 6.57. The Hall–Kier alpha value is -1.46. The van der Waals surface area contributed by atoms with Crippen LogP contribution < -0.4 is 10.8 Å². The highest BCUT2D eigenvalue weighted by atomic mass is 16.4. The summed E-state index contributed by atoms with van der Waals surface area (Å²) in [5, 5.41) is 11.2. The normalized spacial score (nSPS) is 19.0. The number of aliphatic carboxylic acids is 1. The molecule has 0 aliphatic carbocycles. The SMILES string of the molecule is CCCCCCCCC/C=C/CCCCCCCCCC1=NC=C[N+]1(CC(=O)[O-])C(C)N. The highest BCUT2D eigenvalue weighted by Gasteiger charge is 2.38. The highest BCUT2D eigenvalue weighted by Crippen LogP contribution is 2.23. The molecular weight excluding hydrogens is 398 g/mol. The molecular formula is C27H49N3O2. The molecule has 0 amide bonds. The highest BCUT2D eigenvalue weighted by molar-refractivity contribution is 5.81. The fourth-order valence-electron chi connectivity index (χ4n) is 4.46. The van der Waals surface area contributed by atoms with Crippen molar-refractivity contribution in [1.29, 1.82) is 0 Å². The van der Waals surface area contributed by atoms with Crippen molar-refractivity contribution in [1.82, 2.24) is 0 Å². The number of quaternary nitrogens is 1. The zero-order valence-corrected chi connectivity index (χ0v) is 20.9. The number of aliphatic imine (C=N–C) groups is 1. The quantitative estimate of drug-likeness (QED) is 0.134. The van der Waals surface area contributed by atoms with Gasteiger partial charge in [0.2, 0.25) is 5.84 Å². The topological polar surface area (TPSA) is 78.5 Å². The zero-order chi connectivity index (χ0) is 23.5. The van der Waals surface area contributed by atoms with E-state index in [0.717, 1.165) is 25.1 Å². The second-order valence-electron chi connectivity index (χ2n) is 9.44. The van der Waals surface area contributed by atoms with E-state index in [-0.39, 0.29) is 17.2 Å². The van der Waals surface area contributed by atoms with Crippen LogP contribution in [-0.4, -0.2) is 29.0 Å². The van der Waals surface area contributed by atoms with E-state index >= 15 is 0 Å². The zero-order valence-electron chi connectivity index (χ0n) is 20.9. The number of amidine groups is 1. The first-order valence-electron chi connectivity index (χ1n) is 13.3. The maximum Gasteiger partial charge on any atom is 0.209 e. The van der Waals surface area contributed by atoms with Gasteiger partial charge in [-0.2, -0.15) is 0 Å². The molecule has 0 aromatic heterocycles. The lowest BCUT2D eigenvalue weighted by atomic mass is 10.1. The summed E-state index contributed by atoms with van der Waals surface area (Å²) in [6.45, 7) is 3.97. The molecule has 5 nitrogen and oxygen atoms in total. The van der Waals surface area contributed by atoms with Crippen LogP contribution in [0.5, 0.6) is 0 Å². The van der Waals surface area contributed by atoms with Crippen LogP contribution in [0.15, 0.2) is 29.5 Å². The number of rotatable bonds is 21. The van der Waals surface area contributed by atoms with Gasteiger partial charge in [0.15, 0.2) is 0 Å². The summed E-state index contributed by atoms with van der Waals surface area (Å²) in [6, 6.07) is 0. The molecule has 0 bridgehead atoms. The van der Waals surface area contributed by atoms with Crippen LogP contribution in [0, 0.1) is 0 Å². The molecule has 0 aromatic carbocycles. The number of carbonyl (C=O) groups excluding carboxylic acids is 1. The number of allylic oxidation sites excluding steroid dienone is 2. The monoisotopic (exact) mass is 447 g/mol. The first-order chi connectivity index (χ1) is 15.5. The van der Waals surface area contributed by atoms with E-state index in [1.807, 2.05) is 6.92 Å². The van der Waals surface area contributed by atoms with Crippen molar-refractivity contribution in [3.63, 3.8) is 0 Å².